The first kappa shape index (κ1) is 36.9. The Balaban J connectivity index is 1.16. The molecule has 2 aliphatic heterocycles. The Bertz CT molecular complexity index is 1840. The smallest absolute Gasteiger partial charge is 0.408 e. The van der Waals surface area contributed by atoms with Crippen LogP contribution < -0.4 is 9.80 Å². The maximum atomic E-state index is 14.1. The number of carboxylic acid groups (broad SMARTS) is 1. The number of likely N-dealkylation sites (tertiary alicyclic amines) is 1. The van der Waals surface area contributed by atoms with E-state index in [1.807, 2.05) is 103 Å². The number of para-hydroxylation sites is 3. The van der Waals surface area contributed by atoms with E-state index in [9.17, 15) is 19.5 Å². The first-order valence-corrected chi connectivity index (χ1v) is 18.5. The number of imidazole rings is 1. The second-order valence-electron chi connectivity index (χ2n) is 15.0. The Kier molecular flexibility index (Phi) is 11.5. The van der Waals surface area contributed by atoms with Crippen LogP contribution in [0.2, 0.25) is 0 Å². The molecule has 2 atom stereocenters. The van der Waals surface area contributed by atoms with Crippen LogP contribution >= 0.6 is 0 Å². The largest absolute Gasteiger partial charge is 0.465 e. The highest BCUT2D eigenvalue weighted by atomic mass is 16.5. The van der Waals surface area contributed by atoms with Crippen molar-refractivity contribution in [1.82, 2.24) is 19.4 Å². The van der Waals surface area contributed by atoms with Gasteiger partial charge in [0, 0.05) is 81.7 Å². The molecule has 11 heteroatoms. The lowest BCUT2D eigenvalue weighted by molar-refractivity contribution is -0.134. The standard InChI is InChI=1S/C41H52N6O5/c1-41(2,3)47(40(50)51)34(26-30-17-19-32(20-18-30)43-23-24-45(38(49)29-43)33-13-6-5-7-14-33)27-37(48)44-21-10-12-31(28-44)39-42-35-15-8-9-16-36(35)46(39)22-11-25-52-4/h5-9,13-20,31,34H,10-12,21-29H2,1-4H3,(H,50,51)/t31-,34-/m1/s1. The summed E-state index contributed by atoms with van der Waals surface area (Å²) in [5.74, 6) is 1.08. The Morgan fingerprint density at radius 3 is 2.38 bits per heavy atom. The van der Waals surface area contributed by atoms with Gasteiger partial charge in [-0.2, -0.15) is 0 Å². The van der Waals surface area contributed by atoms with Crippen LogP contribution in [0.4, 0.5) is 16.2 Å². The zero-order valence-corrected chi connectivity index (χ0v) is 30.9. The minimum Gasteiger partial charge on any atom is -0.465 e. The number of aryl methyl sites for hydroxylation is 1. The van der Waals surface area contributed by atoms with Gasteiger partial charge in [-0.15, -0.1) is 0 Å². The van der Waals surface area contributed by atoms with Gasteiger partial charge in [-0.25, -0.2) is 9.78 Å². The van der Waals surface area contributed by atoms with Crippen molar-refractivity contribution in [2.75, 3.05) is 56.2 Å². The number of anilines is 2. The van der Waals surface area contributed by atoms with Crippen molar-refractivity contribution in [3.05, 3.63) is 90.3 Å². The first-order valence-electron chi connectivity index (χ1n) is 18.5. The Morgan fingerprint density at radius 1 is 0.962 bits per heavy atom. The van der Waals surface area contributed by atoms with E-state index >= 15 is 0 Å². The van der Waals surface area contributed by atoms with Gasteiger partial charge >= 0.3 is 6.09 Å². The lowest BCUT2D eigenvalue weighted by Crippen LogP contribution is -2.54. The van der Waals surface area contributed by atoms with E-state index in [1.54, 1.807) is 7.11 Å². The fraction of sp³-hybridized carbons (Fsp3) is 0.463. The molecule has 0 radical (unpaired) electrons. The number of fused-ring (bicyclic) bond motifs is 1. The summed E-state index contributed by atoms with van der Waals surface area (Å²) in [6, 6.07) is 25.3. The van der Waals surface area contributed by atoms with Crippen molar-refractivity contribution in [3.8, 4) is 0 Å². The molecule has 52 heavy (non-hydrogen) atoms. The number of aromatic nitrogens is 2. The molecular weight excluding hydrogens is 656 g/mol. The van der Waals surface area contributed by atoms with Gasteiger partial charge in [0.25, 0.3) is 0 Å². The van der Waals surface area contributed by atoms with Crippen LogP contribution in [0, 0.1) is 0 Å². The molecule has 3 heterocycles. The second kappa shape index (κ2) is 16.2. The van der Waals surface area contributed by atoms with E-state index in [0.717, 1.165) is 59.6 Å². The molecule has 4 aromatic rings. The highest BCUT2D eigenvalue weighted by Gasteiger charge is 2.37. The number of amides is 3. The molecule has 3 aromatic carbocycles. The summed E-state index contributed by atoms with van der Waals surface area (Å²) in [4.78, 5) is 52.2. The summed E-state index contributed by atoms with van der Waals surface area (Å²) in [5, 5.41) is 10.4. The predicted molar refractivity (Wildman–Crippen MR) is 204 cm³/mol. The van der Waals surface area contributed by atoms with E-state index in [2.05, 4.69) is 15.5 Å². The number of rotatable bonds is 12. The Hall–Kier alpha value is -4.90. The highest BCUT2D eigenvalue weighted by molar-refractivity contribution is 5.97. The summed E-state index contributed by atoms with van der Waals surface area (Å²) in [5.41, 5.74) is 4.11. The molecule has 11 nitrogen and oxygen atoms in total. The highest BCUT2D eigenvalue weighted by Crippen LogP contribution is 2.31. The first-order chi connectivity index (χ1) is 25.0. The van der Waals surface area contributed by atoms with Gasteiger partial charge in [0.05, 0.1) is 17.6 Å². The predicted octanol–water partition coefficient (Wildman–Crippen LogP) is 6.41. The molecule has 0 unspecified atom stereocenters. The van der Waals surface area contributed by atoms with Crippen LogP contribution in [0.3, 0.4) is 0 Å². The maximum absolute atomic E-state index is 14.1. The minimum absolute atomic E-state index is 0.0429. The molecule has 1 N–H and O–H groups in total. The number of hydrogen-bond acceptors (Lipinski definition) is 6. The molecule has 2 aliphatic rings. The van der Waals surface area contributed by atoms with Gasteiger partial charge in [-0.1, -0.05) is 42.5 Å². The van der Waals surface area contributed by atoms with Gasteiger partial charge in [0.15, 0.2) is 0 Å². The fourth-order valence-corrected chi connectivity index (χ4v) is 7.89. The van der Waals surface area contributed by atoms with Gasteiger partial charge < -0.3 is 29.1 Å². The van der Waals surface area contributed by atoms with Gasteiger partial charge in [-0.3, -0.25) is 14.5 Å². The molecule has 6 rings (SSSR count). The lowest BCUT2D eigenvalue weighted by Gasteiger charge is -2.41. The molecule has 2 saturated heterocycles. The summed E-state index contributed by atoms with van der Waals surface area (Å²) < 4.78 is 7.61. The van der Waals surface area contributed by atoms with E-state index in [-0.39, 0.29) is 30.7 Å². The van der Waals surface area contributed by atoms with Crippen molar-refractivity contribution >= 4 is 40.3 Å². The molecule has 0 bridgehead atoms. The molecule has 276 valence electrons. The molecule has 2 fully saturated rings. The topological polar surface area (TPSA) is 111 Å². The van der Waals surface area contributed by atoms with Crippen LogP contribution in [0.1, 0.15) is 63.8 Å². The van der Waals surface area contributed by atoms with Crippen LogP contribution in [-0.4, -0.2) is 100 Å². The monoisotopic (exact) mass is 708 g/mol. The molecule has 3 amide bonds. The molecular formula is C41H52N6O5. The maximum Gasteiger partial charge on any atom is 0.408 e. The number of carbonyl (C=O) groups excluding carboxylic acids is 2. The number of nitrogens with zero attached hydrogens (tertiary/aromatic N) is 6. The van der Waals surface area contributed by atoms with E-state index in [1.165, 1.54) is 4.90 Å². The SMILES string of the molecule is COCCCn1c([C@@H]2CCCN(C(=O)C[C@@H](Cc3ccc(N4CCN(c5ccccc5)C(=O)C4)cc3)N(C(=O)O)C(C)(C)C)C2)nc2ccccc21. The van der Waals surface area contributed by atoms with Crippen molar-refractivity contribution in [2.24, 2.45) is 0 Å². The molecule has 0 spiro atoms. The van der Waals surface area contributed by atoms with Crippen molar-refractivity contribution in [2.45, 2.75) is 76.9 Å². The number of carbonyl (C=O) groups is 3. The van der Waals surface area contributed by atoms with E-state index in [4.69, 9.17) is 9.72 Å². The average molecular weight is 709 g/mol. The van der Waals surface area contributed by atoms with Gasteiger partial charge in [0.2, 0.25) is 11.8 Å². The average Bonchev–Trinajstić information content (AvgIpc) is 3.50. The zero-order valence-electron chi connectivity index (χ0n) is 30.9. The minimum atomic E-state index is -1.04. The quantitative estimate of drug-likeness (QED) is 0.169. The number of ether oxygens (including phenoxy) is 1. The summed E-state index contributed by atoms with van der Waals surface area (Å²) in [6.45, 7) is 9.83. The zero-order chi connectivity index (χ0) is 36.8. The molecule has 0 saturated carbocycles. The van der Waals surface area contributed by atoms with Crippen LogP contribution in [0.5, 0.6) is 0 Å². The lowest BCUT2D eigenvalue weighted by atomic mass is 9.93. The van der Waals surface area contributed by atoms with Crippen molar-refractivity contribution < 1.29 is 24.2 Å². The third-order valence-electron chi connectivity index (χ3n) is 10.3. The third-order valence-corrected chi connectivity index (χ3v) is 10.3. The van der Waals surface area contributed by atoms with E-state index < -0.39 is 17.7 Å². The van der Waals surface area contributed by atoms with Crippen molar-refractivity contribution in [3.63, 3.8) is 0 Å². The van der Waals surface area contributed by atoms with Crippen LogP contribution in [-0.2, 0) is 27.3 Å². The number of piperidine rings is 1. The van der Waals surface area contributed by atoms with Crippen LogP contribution in [0.25, 0.3) is 11.0 Å². The fourth-order valence-electron chi connectivity index (χ4n) is 7.89. The van der Waals surface area contributed by atoms with Crippen LogP contribution in [0.15, 0.2) is 78.9 Å². The summed E-state index contributed by atoms with van der Waals surface area (Å²) in [6.07, 6.45) is 2.08. The number of methoxy groups -OCH3 is 1. The third kappa shape index (κ3) is 8.41. The summed E-state index contributed by atoms with van der Waals surface area (Å²) >= 11 is 0. The van der Waals surface area contributed by atoms with E-state index in [0.29, 0.717) is 39.2 Å². The number of hydrogen-bond donors (Lipinski definition) is 1. The molecule has 0 aliphatic carbocycles. The Labute approximate surface area is 306 Å². The van der Waals surface area contributed by atoms with Gasteiger partial charge in [-0.05, 0) is 88.4 Å². The van der Waals surface area contributed by atoms with Gasteiger partial charge in [0.1, 0.15) is 5.82 Å². The second-order valence-corrected chi connectivity index (χ2v) is 15.0. The number of benzene rings is 3. The summed E-state index contributed by atoms with van der Waals surface area (Å²) in [7, 11) is 1.71. The Morgan fingerprint density at radius 2 is 1.69 bits per heavy atom. The normalized spacial score (nSPS) is 17.4. The number of piperazine rings is 1. The molecule has 1 aromatic heterocycles. The van der Waals surface area contributed by atoms with Crippen molar-refractivity contribution in [1.29, 1.82) is 0 Å².